The van der Waals surface area contributed by atoms with Crippen molar-refractivity contribution in [3.8, 4) is 0 Å². The summed E-state index contributed by atoms with van der Waals surface area (Å²) in [6.07, 6.45) is 3.89. The fraction of sp³-hybridized carbons (Fsp3) is 0.286. The van der Waals surface area contributed by atoms with Gasteiger partial charge in [-0.15, -0.1) is 23.6 Å². The van der Waals surface area contributed by atoms with Crippen LogP contribution in [0, 0.1) is 19.3 Å². The molecule has 70 valence electrons. The molecule has 5 heteroatoms. The number of nitrogens with one attached hydrogen (secondary N) is 1. The number of halogens is 3. The zero-order valence-electron chi connectivity index (χ0n) is 7.06. The molecule has 0 bridgehead atoms. The number of allylic oxidation sites excluding steroid dienone is 1. The summed E-state index contributed by atoms with van der Waals surface area (Å²) in [6, 6.07) is 0. The van der Waals surface area contributed by atoms with E-state index in [0.717, 1.165) is 12.8 Å². The van der Waals surface area contributed by atoms with Gasteiger partial charge in [-0.2, -0.15) is 6.42 Å². The molecule has 0 aliphatic carbocycles. The third-order valence-electron chi connectivity index (χ3n) is 0.408. The quantitative estimate of drug-likeness (QED) is 0.338. The van der Waals surface area contributed by atoms with Crippen LogP contribution in [0.3, 0.4) is 0 Å². The predicted molar refractivity (Wildman–Crippen MR) is 57.2 cm³/mol. The normalized spacial score (nSPS) is 4.92. The summed E-state index contributed by atoms with van der Waals surface area (Å²) in [5.74, 6) is 0. The van der Waals surface area contributed by atoms with Crippen molar-refractivity contribution in [2.75, 3.05) is 0 Å². The largest absolute Gasteiger partial charge is 2.00 e. The van der Waals surface area contributed by atoms with Crippen molar-refractivity contribution in [3.05, 3.63) is 26.5 Å². The molecule has 0 amide bonds. The van der Waals surface area contributed by atoms with Crippen molar-refractivity contribution in [2.24, 2.45) is 0 Å². The van der Waals surface area contributed by atoms with Crippen LogP contribution in [0.15, 0.2) is 12.7 Å². The summed E-state index contributed by atoms with van der Waals surface area (Å²) in [5.41, 5.74) is 0. The van der Waals surface area contributed by atoms with Crippen LogP contribution in [-0.4, -0.2) is 29.8 Å². The zero-order chi connectivity index (χ0) is 8.83. The molecule has 0 atom stereocenters. The van der Waals surface area contributed by atoms with Crippen LogP contribution in [-0.2, 0) is 0 Å². The van der Waals surface area contributed by atoms with Crippen molar-refractivity contribution in [2.45, 2.75) is 12.8 Å². The van der Waals surface area contributed by atoms with Gasteiger partial charge in [-0.1, -0.05) is 12.5 Å². The van der Waals surface area contributed by atoms with Gasteiger partial charge >= 0.3 is 23.1 Å². The summed E-state index contributed by atoms with van der Waals surface area (Å²) >= 11 is 0. The summed E-state index contributed by atoms with van der Waals surface area (Å²) in [6.45, 7) is 8.61. The van der Waals surface area contributed by atoms with Gasteiger partial charge in [0.1, 0.15) is 0 Å². The monoisotopic (exact) mass is 253 g/mol. The Morgan fingerprint density at radius 3 is 1.67 bits per heavy atom. The smallest absolute Gasteiger partial charge is 0.425 e. The Hall–Kier alpha value is 0.516. The topological polar surface area (TPSA) is 23.9 Å². The molecule has 1 N–H and O–H groups in total. The van der Waals surface area contributed by atoms with E-state index >= 15 is 0 Å². The summed E-state index contributed by atoms with van der Waals surface area (Å²) < 4.78 is 19.0. The Morgan fingerprint density at radius 2 is 1.67 bits per heavy atom. The van der Waals surface area contributed by atoms with Gasteiger partial charge in [-0.25, -0.2) is 0 Å². The molecule has 0 saturated heterocycles. The van der Waals surface area contributed by atoms with Crippen molar-refractivity contribution >= 4 is 46.8 Å². The van der Waals surface area contributed by atoms with Crippen LogP contribution in [0.2, 0.25) is 0 Å². The van der Waals surface area contributed by atoms with E-state index in [9.17, 15) is 8.78 Å². The Kier molecular flexibility index (Phi) is 153. The molecular weight excluding hydrogens is 240 g/mol. The second-order valence-corrected chi connectivity index (χ2v) is 1.01. The van der Waals surface area contributed by atoms with Crippen LogP contribution in [0.5, 0.6) is 0 Å². The number of rotatable bonds is 2. The molecule has 12 heavy (non-hydrogen) atoms. The van der Waals surface area contributed by atoms with Crippen LogP contribution in [0.25, 0.3) is 0 Å². The minimum absolute atomic E-state index is 0. The van der Waals surface area contributed by atoms with E-state index in [1.54, 1.807) is 0 Å². The predicted octanol–water partition coefficient (Wildman–Crippen LogP) is 3.29. The molecule has 0 fully saturated rings. The van der Waals surface area contributed by atoms with Gasteiger partial charge in [0.15, 0.2) is 0 Å². The van der Waals surface area contributed by atoms with E-state index in [0.29, 0.717) is 0 Å². The molecule has 0 aromatic rings. The van der Waals surface area contributed by atoms with E-state index in [1.165, 1.54) is 0 Å². The minimum atomic E-state index is -1.00. The first-order chi connectivity index (χ1) is 4.83. The van der Waals surface area contributed by atoms with Gasteiger partial charge in [0.25, 0.3) is 0 Å². The summed E-state index contributed by atoms with van der Waals surface area (Å²) in [7, 11) is 0. The molecule has 0 unspecified atom stereocenters. The van der Waals surface area contributed by atoms with Crippen LogP contribution in [0.1, 0.15) is 12.8 Å². The van der Waals surface area contributed by atoms with Gasteiger partial charge in [-0.05, 0) is 13.6 Å². The van der Waals surface area contributed by atoms with Crippen molar-refractivity contribution < 1.29 is 8.78 Å². The van der Waals surface area contributed by atoms with E-state index in [-0.39, 0.29) is 40.0 Å². The maximum atomic E-state index is 9.50. The number of unbranched alkanes of at least 4 members (excludes halogenated alkanes) is 1. The first-order valence-electron chi connectivity index (χ1n) is 2.61. The molecule has 0 rings (SSSR count). The first-order valence-corrected chi connectivity index (χ1v) is 2.61. The Labute approximate surface area is 100 Å². The van der Waals surface area contributed by atoms with Crippen molar-refractivity contribution in [3.63, 3.8) is 0 Å². The van der Waals surface area contributed by atoms with E-state index in [1.807, 2.05) is 6.08 Å². The molecular formula is C7H14BrF2MgN. The van der Waals surface area contributed by atoms with Crippen LogP contribution in [0.4, 0.5) is 8.78 Å². The average Bonchev–Trinajstić information content (AvgIpc) is 1.96. The molecule has 0 aromatic heterocycles. The van der Waals surface area contributed by atoms with E-state index in [2.05, 4.69) is 20.2 Å². The maximum absolute atomic E-state index is 9.50. The Balaban J connectivity index is -0.0000000209. The van der Waals surface area contributed by atoms with E-state index < -0.39 is 6.93 Å². The van der Waals surface area contributed by atoms with Gasteiger partial charge in [-0.3, -0.25) is 0 Å². The van der Waals surface area contributed by atoms with Gasteiger partial charge < -0.3 is 21.1 Å². The van der Waals surface area contributed by atoms with Crippen molar-refractivity contribution in [1.29, 1.82) is 5.41 Å². The molecule has 0 aliphatic rings. The fourth-order valence-electron chi connectivity index (χ4n) is 0.144. The zero-order valence-corrected chi connectivity index (χ0v) is 10.2. The fourth-order valence-corrected chi connectivity index (χ4v) is 0.144. The molecule has 0 aliphatic heterocycles. The molecule has 0 radical (unpaired) electrons. The molecule has 1 nitrogen and oxygen atoms in total. The van der Waals surface area contributed by atoms with Crippen molar-refractivity contribution in [1.82, 2.24) is 0 Å². The molecule has 0 aromatic carbocycles. The SMILES string of the molecule is Br.C=CCC[CH2-].C=N.F[CH-]F.[Mg+2]. The third kappa shape index (κ3) is 150. The molecule has 0 spiro atoms. The van der Waals surface area contributed by atoms with Gasteiger partial charge in [0.2, 0.25) is 0 Å². The van der Waals surface area contributed by atoms with Gasteiger partial charge in [0.05, 0.1) is 0 Å². The minimum Gasteiger partial charge on any atom is -0.425 e. The second kappa shape index (κ2) is 62.4. The first kappa shape index (κ1) is 29.4. The van der Waals surface area contributed by atoms with Crippen LogP contribution < -0.4 is 0 Å². The maximum Gasteiger partial charge on any atom is 2.00 e. The summed E-state index contributed by atoms with van der Waals surface area (Å²) in [5, 5.41) is 5.50. The molecule has 0 heterocycles. The number of hydrogen-bond acceptors (Lipinski definition) is 1. The Bertz CT molecular complexity index is 58.7. The third-order valence-corrected chi connectivity index (χ3v) is 0.408. The summed E-state index contributed by atoms with van der Waals surface area (Å²) in [4.78, 5) is 0. The standard InChI is InChI=1S/C5H9.CHF2.CH3N.BrH.Mg/c1-3-5-4-2;2-1-3;1-2;;/h3H,1-2,4-5H2;1H;2H,1H2;1H;/q2*-1;;;+2. The second-order valence-electron chi connectivity index (χ2n) is 1.01. The van der Waals surface area contributed by atoms with Gasteiger partial charge in [0, 0.05) is 0 Å². The Morgan fingerprint density at radius 1 is 1.42 bits per heavy atom. The molecule has 0 saturated carbocycles. The average molecular weight is 254 g/mol. The van der Waals surface area contributed by atoms with Crippen LogP contribution >= 0.6 is 17.0 Å². The van der Waals surface area contributed by atoms with E-state index in [4.69, 9.17) is 5.41 Å². The number of hydrogen-bond donors (Lipinski definition) is 1.